The van der Waals surface area contributed by atoms with E-state index in [0.717, 1.165) is 19.0 Å². The number of esters is 1. The fraction of sp³-hybridized carbons (Fsp3) is 0.500. The zero-order valence-corrected chi connectivity index (χ0v) is 13.5. The highest BCUT2D eigenvalue weighted by molar-refractivity contribution is 6.19. The van der Waals surface area contributed by atoms with Crippen molar-refractivity contribution >= 4 is 11.8 Å². The van der Waals surface area contributed by atoms with E-state index in [1.807, 2.05) is 0 Å². The highest BCUT2D eigenvalue weighted by Gasteiger charge is 2.57. The SMILES string of the molecule is CCOC(=O)/C(=C/NC1CC1)C(=O)C1C(F)=CC(F)(C(F)(F)F)C=C1F. The Morgan fingerprint density at radius 3 is 2.23 bits per heavy atom. The lowest BCUT2D eigenvalue weighted by atomic mass is 9.86. The van der Waals surface area contributed by atoms with Gasteiger partial charge >= 0.3 is 12.1 Å². The minimum Gasteiger partial charge on any atom is -0.462 e. The summed E-state index contributed by atoms with van der Waals surface area (Å²) in [6.45, 7) is 1.28. The number of carbonyl (C=O) groups is 2. The summed E-state index contributed by atoms with van der Waals surface area (Å²) in [7, 11) is 0. The molecule has 4 nitrogen and oxygen atoms in total. The second-order valence-electron chi connectivity index (χ2n) is 5.84. The van der Waals surface area contributed by atoms with E-state index in [-0.39, 0.29) is 12.6 Å². The largest absolute Gasteiger partial charge is 0.462 e. The van der Waals surface area contributed by atoms with Crippen LogP contribution in [0, 0.1) is 5.92 Å². The number of carbonyl (C=O) groups excluding carboxylic acids is 2. The predicted molar refractivity (Wildman–Crippen MR) is 77.6 cm³/mol. The first kappa shape index (κ1) is 20.1. The van der Waals surface area contributed by atoms with Crippen molar-refractivity contribution in [1.82, 2.24) is 5.32 Å². The summed E-state index contributed by atoms with van der Waals surface area (Å²) in [4.78, 5) is 24.2. The van der Waals surface area contributed by atoms with Crippen LogP contribution in [-0.4, -0.2) is 36.2 Å². The second-order valence-corrected chi connectivity index (χ2v) is 5.84. The van der Waals surface area contributed by atoms with Gasteiger partial charge < -0.3 is 10.1 Å². The molecular weight excluding hydrogens is 368 g/mol. The molecule has 26 heavy (non-hydrogen) atoms. The Morgan fingerprint density at radius 2 is 1.81 bits per heavy atom. The Bertz CT molecular complexity index is 671. The van der Waals surface area contributed by atoms with Crippen molar-refractivity contribution in [3.8, 4) is 0 Å². The highest BCUT2D eigenvalue weighted by Crippen LogP contribution is 2.44. The summed E-state index contributed by atoms with van der Waals surface area (Å²) >= 11 is 0. The third-order valence-electron chi connectivity index (χ3n) is 3.75. The van der Waals surface area contributed by atoms with Gasteiger partial charge in [-0.25, -0.2) is 18.0 Å². The zero-order chi connectivity index (χ0) is 19.7. The predicted octanol–water partition coefficient (Wildman–Crippen LogP) is 3.36. The molecule has 0 amide bonds. The van der Waals surface area contributed by atoms with Crippen molar-refractivity contribution in [1.29, 1.82) is 0 Å². The molecule has 0 saturated heterocycles. The van der Waals surface area contributed by atoms with Crippen molar-refractivity contribution < 1.29 is 40.7 Å². The molecule has 0 atom stereocenters. The average molecular weight is 383 g/mol. The van der Waals surface area contributed by atoms with Crippen LogP contribution in [0.15, 0.2) is 35.6 Å². The summed E-state index contributed by atoms with van der Waals surface area (Å²) in [6.07, 6.45) is -4.22. The third-order valence-corrected chi connectivity index (χ3v) is 3.75. The molecule has 0 radical (unpaired) electrons. The molecule has 1 N–H and O–H groups in total. The molecular formula is C16H15F6NO3. The number of ether oxygens (including phenoxy) is 1. The fourth-order valence-electron chi connectivity index (χ4n) is 2.20. The molecule has 2 aliphatic rings. The number of alkyl halides is 4. The van der Waals surface area contributed by atoms with Gasteiger partial charge in [0.1, 0.15) is 23.1 Å². The van der Waals surface area contributed by atoms with Gasteiger partial charge in [-0.15, -0.1) is 0 Å². The van der Waals surface area contributed by atoms with E-state index in [0.29, 0.717) is 0 Å². The first-order chi connectivity index (χ1) is 12.0. The summed E-state index contributed by atoms with van der Waals surface area (Å²) < 4.78 is 84.3. The first-order valence-electron chi connectivity index (χ1n) is 7.70. The molecule has 10 heteroatoms. The summed E-state index contributed by atoms with van der Waals surface area (Å²) in [5.74, 6) is -9.09. The number of Topliss-reactive ketones (excluding diaryl/α,β-unsaturated/α-hetero) is 1. The Labute approximate surface area is 144 Å². The Morgan fingerprint density at radius 1 is 1.27 bits per heavy atom. The molecule has 0 aliphatic heterocycles. The Kier molecular flexibility index (Phi) is 5.52. The minimum atomic E-state index is -5.61. The summed E-state index contributed by atoms with van der Waals surface area (Å²) in [5.41, 5.74) is -5.15. The van der Waals surface area contributed by atoms with E-state index in [9.17, 15) is 35.9 Å². The van der Waals surface area contributed by atoms with E-state index < -0.39 is 58.9 Å². The van der Waals surface area contributed by atoms with Gasteiger partial charge in [-0.3, -0.25) is 4.79 Å². The molecule has 0 aromatic carbocycles. The Hall–Kier alpha value is -2.26. The van der Waals surface area contributed by atoms with E-state index in [2.05, 4.69) is 10.1 Å². The number of hydrogen-bond acceptors (Lipinski definition) is 4. The van der Waals surface area contributed by atoms with Crippen LogP contribution in [0.1, 0.15) is 19.8 Å². The van der Waals surface area contributed by atoms with Crippen LogP contribution in [-0.2, 0) is 14.3 Å². The van der Waals surface area contributed by atoms with Gasteiger partial charge in [0.25, 0.3) is 0 Å². The van der Waals surface area contributed by atoms with Gasteiger partial charge in [-0.1, -0.05) is 0 Å². The second kappa shape index (κ2) is 7.16. The van der Waals surface area contributed by atoms with Gasteiger partial charge in [0, 0.05) is 12.2 Å². The lowest BCUT2D eigenvalue weighted by molar-refractivity contribution is -0.196. The molecule has 0 heterocycles. The maximum Gasteiger partial charge on any atom is 0.430 e. The van der Waals surface area contributed by atoms with Crippen molar-refractivity contribution in [2.45, 2.75) is 37.7 Å². The molecule has 0 spiro atoms. The maximum atomic E-state index is 14.0. The van der Waals surface area contributed by atoms with Gasteiger partial charge in [-0.05, 0) is 31.9 Å². The standard InChI is InChI=1S/C16H15F6NO3/c1-2-26-14(25)9(7-23-8-3-4-8)13(24)12-10(17)5-15(19,6-11(12)18)16(20,21)22/h5-8,12,23H,2-4H2,1H3/b9-7+. The monoisotopic (exact) mass is 383 g/mol. The first-order valence-corrected chi connectivity index (χ1v) is 7.70. The van der Waals surface area contributed by atoms with Crippen LogP contribution in [0.3, 0.4) is 0 Å². The van der Waals surface area contributed by atoms with Crippen molar-refractivity contribution in [3.05, 3.63) is 35.6 Å². The van der Waals surface area contributed by atoms with Gasteiger partial charge in [-0.2, -0.15) is 13.2 Å². The summed E-state index contributed by atoms with van der Waals surface area (Å²) in [5, 5.41) is 2.66. The molecule has 144 valence electrons. The Balaban J connectivity index is 2.34. The van der Waals surface area contributed by atoms with Crippen LogP contribution in [0.2, 0.25) is 0 Å². The van der Waals surface area contributed by atoms with Crippen LogP contribution in [0.5, 0.6) is 0 Å². The molecule has 0 aromatic rings. The van der Waals surface area contributed by atoms with E-state index >= 15 is 0 Å². The topological polar surface area (TPSA) is 55.4 Å². The van der Waals surface area contributed by atoms with Gasteiger partial charge in [0.15, 0.2) is 5.78 Å². The van der Waals surface area contributed by atoms with Crippen molar-refractivity contribution in [2.24, 2.45) is 5.92 Å². The number of hydrogen-bond donors (Lipinski definition) is 1. The molecule has 2 aliphatic carbocycles. The van der Waals surface area contributed by atoms with Crippen LogP contribution < -0.4 is 5.32 Å². The van der Waals surface area contributed by atoms with E-state index in [4.69, 9.17) is 0 Å². The van der Waals surface area contributed by atoms with E-state index in [1.165, 1.54) is 6.92 Å². The van der Waals surface area contributed by atoms with Crippen LogP contribution in [0.4, 0.5) is 26.3 Å². The van der Waals surface area contributed by atoms with Crippen LogP contribution in [0.25, 0.3) is 0 Å². The number of rotatable bonds is 6. The van der Waals surface area contributed by atoms with Crippen molar-refractivity contribution in [2.75, 3.05) is 6.61 Å². The number of halogens is 6. The number of allylic oxidation sites excluding steroid dienone is 4. The third kappa shape index (κ3) is 4.10. The normalized spacial score (nSPS) is 26.7. The van der Waals surface area contributed by atoms with Crippen LogP contribution >= 0.6 is 0 Å². The highest BCUT2D eigenvalue weighted by atomic mass is 19.4. The molecule has 0 bridgehead atoms. The van der Waals surface area contributed by atoms with Gasteiger partial charge in [0.05, 0.1) is 6.61 Å². The molecule has 1 saturated carbocycles. The molecule has 2 rings (SSSR count). The maximum absolute atomic E-state index is 14.0. The van der Waals surface area contributed by atoms with Gasteiger partial charge in [0.2, 0.25) is 5.67 Å². The number of nitrogens with one attached hydrogen (secondary N) is 1. The lowest BCUT2D eigenvalue weighted by Gasteiger charge is -2.27. The molecule has 0 aromatic heterocycles. The van der Waals surface area contributed by atoms with E-state index in [1.54, 1.807) is 0 Å². The molecule has 1 fully saturated rings. The number of ketones is 1. The van der Waals surface area contributed by atoms with Crippen molar-refractivity contribution in [3.63, 3.8) is 0 Å². The summed E-state index contributed by atoms with van der Waals surface area (Å²) in [6, 6.07) is -0.0249. The minimum absolute atomic E-state index is 0.0249. The quantitative estimate of drug-likeness (QED) is 0.251. The smallest absolute Gasteiger partial charge is 0.430 e. The average Bonchev–Trinajstić information content (AvgIpc) is 3.29. The zero-order valence-electron chi connectivity index (χ0n) is 13.5. The fourth-order valence-corrected chi connectivity index (χ4v) is 2.20. The lowest BCUT2D eigenvalue weighted by Crippen LogP contribution is -2.41. The molecule has 0 unspecified atom stereocenters.